The Bertz CT molecular complexity index is 957. The van der Waals surface area contributed by atoms with Crippen molar-refractivity contribution in [1.82, 2.24) is 10.0 Å². The van der Waals surface area contributed by atoms with Gasteiger partial charge in [0.25, 0.3) is 0 Å². The molecule has 2 aromatic rings. The minimum atomic E-state index is -4.95. The maximum atomic E-state index is 13.2. The first-order valence-corrected chi connectivity index (χ1v) is 9.65. The Morgan fingerprint density at radius 3 is 2.36 bits per heavy atom. The van der Waals surface area contributed by atoms with Crippen molar-refractivity contribution in [1.29, 1.82) is 0 Å². The minimum absolute atomic E-state index is 0.266. The molecule has 152 valence electrons. The number of hydrogen-bond acceptors (Lipinski definition) is 5. The lowest BCUT2D eigenvalue weighted by Crippen LogP contribution is -2.47. The summed E-state index contributed by atoms with van der Waals surface area (Å²) in [4.78, 5) is -0.312. The van der Waals surface area contributed by atoms with E-state index in [1.165, 1.54) is 24.3 Å². The average Bonchev–Trinajstić information content (AvgIpc) is 3.05. The van der Waals surface area contributed by atoms with Crippen LogP contribution in [0.5, 0.6) is 5.75 Å². The zero-order valence-corrected chi connectivity index (χ0v) is 15.2. The largest absolute Gasteiger partial charge is 0.573 e. The van der Waals surface area contributed by atoms with Crippen molar-refractivity contribution in [3.05, 3.63) is 53.8 Å². The third-order valence-electron chi connectivity index (χ3n) is 4.40. The van der Waals surface area contributed by atoms with Crippen LogP contribution in [0.1, 0.15) is 12.0 Å². The number of nitrogens with one attached hydrogen (secondary N) is 2. The standard InChI is InChI=1S/C17H17F4N3O3S/c18-12-3-1-11(2-4-12)16(7-8-23-10-16)24-28(25,26)13-5-6-15(14(22)9-13)27-17(19,20)21/h1-6,9,23-24H,7-8,10,22H2/t16-/m1/s1. The molecule has 0 amide bonds. The third-order valence-corrected chi connectivity index (χ3v) is 5.93. The van der Waals surface area contributed by atoms with Crippen LogP contribution in [-0.4, -0.2) is 27.9 Å². The molecule has 11 heteroatoms. The molecule has 3 rings (SSSR count). The van der Waals surface area contributed by atoms with E-state index in [0.717, 1.165) is 18.2 Å². The number of ether oxygens (including phenoxy) is 1. The van der Waals surface area contributed by atoms with Crippen LogP contribution in [0.4, 0.5) is 23.2 Å². The maximum absolute atomic E-state index is 13.2. The monoisotopic (exact) mass is 419 g/mol. The van der Waals surface area contributed by atoms with Gasteiger partial charge in [-0.1, -0.05) is 12.1 Å². The van der Waals surface area contributed by atoms with Gasteiger partial charge in [0.05, 0.1) is 16.1 Å². The summed E-state index contributed by atoms with van der Waals surface area (Å²) in [6.45, 7) is 0.795. The predicted octanol–water partition coefficient (Wildman–Crippen LogP) is 2.47. The van der Waals surface area contributed by atoms with Crippen LogP contribution in [0.25, 0.3) is 0 Å². The summed E-state index contributed by atoms with van der Waals surface area (Å²) in [7, 11) is -4.14. The number of sulfonamides is 1. The lowest BCUT2D eigenvalue weighted by atomic mass is 9.90. The fourth-order valence-corrected chi connectivity index (χ4v) is 4.53. The molecule has 1 aliphatic heterocycles. The number of alkyl halides is 3. The van der Waals surface area contributed by atoms with Gasteiger partial charge in [-0.05, 0) is 48.9 Å². The Morgan fingerprint density at radius 2 is 1.82 bits per heavy atom. The van der Waals surface area contributed by atoms with Gasteiger partial charge in [-0.2, -0.15) is 4.72 Å². The quantitative estimate of drug-likeness (QED) is 0.512. The number of hydrogen-bond donors (Lipinski definition) is 3. The highest BCUT2D eigenvalue weighted by Crippen LogP contribution is 2.33. The number of halogens is 4. The van der Waals surface area contributed by atoms with Gasteiger partial charge < -0.3 is 15.8 Å². The fourth-order valence-electron chi connectivity index (χ4n) is 3.08. The van der Waals surface area contributed by atoms with Crippen LogP contribution < -0.4 is 20.5 Å². The maximum Gasteiger partial charge on any atom is 0.573 e. The van der Waals surface area contributed by atoms with Gasteiger partial charge in [-0.25, -0.2) is 12.8 Å². The Labute approximate surface area is 158 Å². The molecule has 0 bridgehead atoms. The summed E-state index contributed by atoms with van der Waals surface area (Å²) in [6, 6.07) is 8.13. The normalized spacial score (nSPS) is 20.3. The Balaban J connectivity index is 1.91. The molecule has 0 saturated carbocycles. The molecule has 0 unspecified atom stereocenters. The van der Waals surface area contributed by atoms with Gasteiger partial charge in [-0.15, -0.1) is 13.2 Å². The molecule has 1 saturated heterocycles. The highest BCUT2D eigenvalue weighted by atomic mass is 32.2. The second kappa shape index (κ2) is 7.22. The molecule has 6 nitrogen and oxygen atoms in total. The topological polar surface area (TPSA) is 93.5 Å². The van der Waals surface area contributed by atoms with E-state index >= 15 is 0 Å². The van der Waals surface area contributed by atoms with E-state index in [-0.39, 0.29) is 11.4 Å². The van der Waals surface area contributed by atoms with Crippen molar-refractivity contribution in [3.63, 3.8) is 0 Å². The van der Waals surface area contributed by atoms with Crippen molar-refractivity contribution in [2.45, 2.75) is 23.2 Å². The van der Waals surface area contributed by atoms with E-state index in [0.29, 0.717) is 18.5 Å². The second-order valence-corrected chi connectivity index (χ2v) is 8.05. The molecule has 0 radical (unpaired) electrons. The van der Waals surface area contributed by atoms with Crippen molar-refractivity contribution in [2.24, 2.45) is 0 Å². The minimum Gasteiger partial charge on any atom is -0.404 e. The Morgan fingerprint density at radius 1 is 1.14 bits per heavy atom. The first-order chi connectivity index (χ1) is 13.0. The molecule has 1 aliphatic rings. The average molecular weight is 419 g/mol. The SMILES string of the molecule is Nc1cc(S(=O)(=O)N[C@]2(c3ccc(F)cc3)CCNC2)ccc1OC(F)(F)F. The summed E-state index contributed by atoms with van der Waals surface area (Å²) in [5.41, 5.74) is 4.59. The number of nitrogen functional groups attached to an aromatic ring is 1. The summed E-state index contributed by atoms with van der Waals surface area (Å²) in [6.07, 6.45) is -4.54. The predicted molar refractivity (Wildman–Crippen MR) is 93.4 cm³/mol. The van der Waals surface area contributed by atoms with E-state index in [1.54, 1.807) is 0 Å². The molecule has 1 fully saturated rings. The van der Waals surface area contributed by atoms with Gasteiger partial charge in [-0.3, -0.25) is 0 Å². The van der Waals surface area contributed by atoms with Crippen LogP contribution in [-0.2, 0) is 15.6 Å². The smallest absolute Gasteiger partial charge is 0.404 e. The molecular formula is C17H17F4N3O3S. The van der Waals surface area contributed by atoms with Gasteiger partial charge in [0.1, 0.15) is 5.82 Å². The Hall–Kier alpha value is -2.37. The highest BCUT2D eigenvalue weighted by Gasteiger charge is 2.40. The second-order valence-electron chi connectivity index (χ2n) is 6.37. The van der Waals surface area contributed by atoms with Crippen LogP contribution in [0.2, 0.25) is 0 Å². The number of nitrogens with two attached hydrogens (primary N) is 1. The van der Waals surface area contributed by atoms with E-state index in [1.807, 2.05) is 0 Å². The zero-order valence-electron chi connectivity index (χ0n) is 14.4. The van der Waals surface area contributed by atoms with E-state index in [4.69, 9.17) is 5.73 Å². The Kier molecular flexibility index (Phi) is 5.26. The van der Waals surface area contributed by atoms with Crippen molar-refractivity contribution in [2.75, 3.05) is 18.8 Å². The first-order valence-electron chi connectivity index (χ1n) is 8.17. The lowest BCUT2D eigenvalue weighted by molar-refractivity contribution is -0.274. The summed E-state index contributed by atoms with van der Waals surface area (Å²) < 4.78 is 82.3. The molecule has 2 aromatic carbocycles. The number of benzene rings is 2. The summed E-state index contributed by atoms with van der Waals surface area (Å²) in [5.74, 6) is -1.15. The highest BCUT2D eigenvalue weighted by molar-refractivity contribution is 7.89. The van der Waals surface area contributed by atoms with Crippen molar-refractivity contribution < 1.29 is 30.7 Å². The van der Waals surface area contributed by atoms with Gasteiger partial charge in [0, 0.05) is 6.54 Å². The van der Waals surface area contributed by atoms with E-state index in [9.17, 15) is 26.0 Å². The van der Waals surface area contributed by atoms with Crippen LogP contribution >= 0.6 is 0 Å². The summed E-state index contributed by atoms with van der Waals surface area (Å²) >= 11 is 0. The summed E-state index contributed by atoms with van der Waals surface area (Å²) in [5, 5.41) is 3.06. The lowest BCUT2D eigenvalue weighted by Gasteiger charge is -2.30. The molecule has 1 atom stereocenters. The van der Waals surface area contributed by atoms with Crippen molar-refractivity contribution >= 4 is 15.7 Å². The zero-order chi connectivity index (χ0) is 20.6. The van der Waals surface area contributed by atoms with Gasteiger partial charge >= 0.3 is 6.36 Å². The molecule has 0 aliphatic carbocycles. The van der Waals surface area contributed by atoms with E-state index < -0.39 is 39.2 Å². The number of anilines is 1. The first kappa shape index (κ1) is 20.4. The molecule has 28 heavy (non-hydrogen) atoms. The molecule has 0 spiro atoms. The molecule has 4 N–H and O–H groups in total. The molecular weight excluding hydrogens is 402 g/mol. The van der Waals surface area contributed by atoms with Crippen molar-refractivity contribution in [3.8, 4) is 5.75 Å². The van der Waals surface area contributed by atoms with Gasteiger partial charge in [0.2, 0.25) is 10.0 Å². The van der Waals surface area contributed by atoms with Crippen LogP contribution in [0.3, 0.4) is 0 Å². The van der Waals surface area contributed by atoms with Crippen LogP contribution in [0, 0.1) is 5.82 Å². The van der Waals surface area contributed by atoms with Gasteiger partial charge in [0.15, 0.2) is 5.75 Å². The van der Waals surface area contributed by atoms with Crippen LogP contribution in [0.15, 0.2) is 47.4 Å². The fraction of sp³-hybridized carbons (Fsp3) is 0.294. The molecule has 1 heterocycles. The third kappa shape index (κ3) is 4.37. The van der Waals surface area contributed by atoms with E-state index in [2.05, 4.69) is 14.8 Å². The molecule has 0 aromatic heterocycles. The number of rotatable bonds is 5.